The van der Waals surface area contributed by atoms with E-state index in [4.69, 9.17) is 4.74 Å². The molecule has 1 aromatic heterocycles. The molecule has 0 fully saturated rings. The molecule has 0 atom stereocenters. The van der Waals surface area contributed by atoms with E-state index in [0.717, 1.165) is 11.1 Å². The number of fused-ring (bicyclic) bond motifs is 1. The number of hydrogen-bond acceptors (Lipinski definition) is 4. The number of aromatic amines is 1. The lowest BCUT2D eigenvalue weighted by Crippen LogP contribution is -2.36. The Balaban J connectivity index is 1.90. The first-order chi connectivity index (χ1) is 12.0. The molecular formula is C19H18N2O4. The zero-order valence-corrected chi connectivity index (χ0v) is 14.0. The number of aromatic nitrogens is 2. The minimum absolute atomic E-state index is 0.175. The van der Waals surface area contributed by atoms with Gasteiger partial charge in [-0.2, -0.15) is 0 Å². The molecule has 0 saturated heterocycles. The van der Waals surface area contributed by atoms with E-state index >= 15 is 0 Å². The van der Waals surface area contributed by atoms with Gasteiger partial charge in [-0.3, -0.25) is 9.59 Å². The number of nitrogens with zero attached hydrogens (tertiary/aromatic N) is 1. The highest BCUT2D eigenvalue weighted by molar-refractivity contribution is 5.93. The highest BCUT2D eigenvalue weighted by Crippen LogP contribution is 2.14. The van der Waals surface area contributed by atoms with Gasteiger partial charge < -0.3 is 14.3 Å². The first-order valence-electron chi connectivity index (χ1n) is 7.99. The zero-order chi connectivity index (χ0) is 18.0. The van der Waals surface area contributed by atoms with Crippen molar-refractivity contribution in [1.82, 2.24) is 9.55 Å². The van der Waals surface area contributed by atoms with Crippen LogP contribution in [0.5, 0.6) is 0 Å². The van der Waals surface area contributed by atoms with E-state index in [9.17, 15) is 14.4 Å². The van der Waals surface area contributed by atoms with E-state index in [1.165, 1.54) is 10.6 Å². The van der Waals surface area contributed by atoms with Crippen molar-refractivity contribution in [3.05, 3.63) is 79.9 Å². The number of benzene rings is 2. The van der Waals surface area contributed by atoms with Crippen LogP contribution in [0.25, 0.3) is 11.0 Å². The van der Waals surface area contributed by atoms with Crippen LogP contribution in [-0.4, -0.2) is 15.5 Å². The molecule has 1 N–H and O–H groups in total. The van der Waals surface area contributed by atoms with Gasteiger partial charge in [-0.25, -0.2) is 4.79 Å². The molecule has 3 aromatic rings. The minimum Gasteiger partial charge on any atom is -0.457 e. The molecule has 2 aromatic carbocycles. The van der Waals surface area contributed by atoms with Crippen LogP contribution in [0.2, 0.25) is 0 Å². The third kappa shape index (κ3) is 3.24. The van der Waals surface area contributed by atoms with E-state index in [0.29, 0.717) is 23.1 Å². The van der Waals surface area contributed by atoms with E-state index in [-0.39, 0.29) is 6.61 Å². The maximum absolute atomic E-state index is 12.3. The Morgan fingerprint density at radius 3 is 2.64 bits per heavy atom. The summed E-state index contributed by atoms with van der Waals surface area (Å²) in [6, 6.07) is 12.4. The smallest absolute Gasteiger partial charge is 0.338 e. The Bertz CT molecular complexity index is 1060. The van der Waals surface area contributed by atoms with Gasteiger partial charge in [0.1, 0.15) is 6.61 Å². The Morgan fingerprint density at radius 2 is 1.92 bits per heavy atom. The second-order valence-corrected chi connectivity index (χ2v) is 5.74. The molecule has 0 saturated carbocycles. The van der Waals surface area contributed by atoms with Crippen LogP contribution in [0.1, 0.15) is 28.4 Å². The van der Waals surface area contributed by atoms with Gasteiger partial charge in [0, 0.05) is 6.54 Å². The lowest BCUT2D eigenvalue weighted by molar-refractivity contribution is 0.0472. The van der Waals surface area contributed by atoms with Crippen molar-refractivity contribution in [1.29, 1.82) is 0 Å². The fourth-order valence-corrected chi connectivity index (χ4v) is 2.72. The third-order valence-corrected chi connectivity index (χ3v) is 4.15. The molecule has 6 heteroatoms. The van der Waals surface area contributed by atoms with Gasteiger partial charge in [0.25, 0.3) is 0 Å². The number of carbonyl (C=O) groups excluding carboxylic acids is 1. The monoisotopic (exact) mass is 338 g/mol. The molecule has 0 radical (unpaired) electrons. The van der Waals surface area contributed by atoms with Crippen LogP contribution in [0.15, 0.2) is 52.1 Å². The number of H-pyrrole nitrogens is 1. The molecule has 0 unspecified atom stereocenters. The fraction of sp³-hybridized carbons (Fsp3) is 0.211. The first kappa shape index (κ1) is 16.7. The summed E-state index contributed by atoms with van der Waals surface area (Å²) >= 11 is 0. The fourth-order valence-electron chi connectivity index (χ4n) is 2.72. The zero-order valence-electron chi connectivity index (χ0n) is 14.0. The number of aryl methyl sites for hydroxylation is 2. The van der Waals surface area contributed by atoms with E-state index in [2.05, 4.69) is 4.98 Å². The van der Waals surface area contributed by atoms with Crippen LogP contribution in [0, 0.1) is 6.92 Å². The van der Waals surface area contributed by atoms with Gasteiger partial charge in [0.05, 0.1) is 16.6 Å². The number of esters is 1. The number of nitrogens with one attached hydrogen (secondary N) is 1. The molecule has 1 heterocycles. The SMILES string of the molecule is CCn1c(=O)c(=O)[nH]c2cc(C(=O)OCc3ccccc3C)ccc21. The second kappa shape index (κ2) is 6.76. The normalized spacial score (nSPS) is 10.8. The van der Waals surface area contributed by atoms with Crippen LogP contribution >= 0.6 is 0 Å². The van der Waals surface area contributed by atoms with Crippen LogP contribution in [0.3, 0.4) is 0 Å². The molecule has 25 heavy (non-hydrogen) atoms. The third-order valence-electron chi connectivity index (χ3n) is 4.15. The average molecular weight is 338 g/mol. The molecule has 0 aliphatic heterocycles. The summed E-state index contributed by atoms with van der Waals surface area (Å²) in [5, 5.41) is 0. The standard InChI is InChI=1S/C19H18N2O4/c1-3-21-16-9-8-13(10-15(16)20-17(22)18(21)23)19(24)25-11-14-7-5-4-6-12(14)2/h4-10H,3,11H2,1-2H3,(H,20,22). The maximum Gasteiger partial charge on any atom is 0.338 e. The van der Waals surface area contributed by atoms with Crippen molar-refractivity contribution in [3.63, 3.8) is 0 Å². The van der Waals surface area contributed by atoms with Gasteiger partial charge in [0.15, 0.2) is 0 Å². The van der Waals surface area contributed by atoms with Gasteiger partial charge in [-0.15, -0.1) is 0 Å². The largest absolute Gasteiger partial charge is 0.457 e. The lowest BCUT2D eigenvalue weighted by atomic mass is 10.1. The Labute approximate surface area is 143 Å². The van der Waals surface area contributed by atoms with Crippen molar-refractivity contribution in [2.75, 3.05) is 0 Å². The topological polar surface area (TPSA) is 81.2 Å². The predicted molar refractivity (Wildman–Crippen MR) is 94.8 cm³/mol. The van der Waals surface area contributed by atoms with Crippen LogP contribution in [0.4, 0.5) is 0 Å². The van der Waals surface area contributed by atoms with Crippen LogP contribution < -0.4 is 11.1 Å². The van der Waals surface area contributed by atoms with Gasteiger partial charge >= 0.3 is 17.1 Å². The predicted octanol–water partition coefficient (Wildman–Crippen LogP) is 2.38. The molecule has 0 aliphatic carbocycles. The van der Waals surface area contributed by atoms with E-state index in [1.807, 2.05) is 31.2 Å². The summed E-state index contributed by atoms with van der Waals surface area (Å²) in [6.07, 6.45) is 0. The number of rotatable bonds is 4. The Kier molecular flexibility index (Phi) is 4.52. The van der Waals surface area contributed by atoms with Crippen LogP contribution in [-0.2, 0) is 17.9 Å². The van der Waals surface area contributed by atoms with Crippen molar-refractivity contribution in [2.45, 2.75) is 27.0 Å². The molecular weight excluding hydrogens is 320 g/mol. The molecule has 0 amide bonds. The average Bonchev–Trinajstić information content (AvgIpc) is 2.61. The summed E-state index contributed by atoms with van der Waals surface area (Å²) in [5.74, 6) is -0.486. The van der Waals surface area contributed by atoms with Crippen molar-refractivity contribution in [2.24, 2.45) is 0 Å². The summed E-state index contributed by atoms with van der Waals surface area (Å²) < 4.78 is 6.73. The molecule has 0 spiro atoms. The Hall–Kier alpha value is -3.15. The number of ether oxygens (including phenoxy) is 1. The van der Waals surface area contributed by atoms with Crippen molar-refractivity contribution >= 4 is 17.0 Å². The molecule has 6 nitrogen and oxygen atoms in total. The molecule has 3 rings (SSSR count). The first-order valence-corrected chi connectivity index (χ1v) is 7.99. The quantitative estimate of drug-likeness (QED) is 0.585. The maximum atomic E-state index is 12.3. The van der Waals surface area contributed by atoms with Crippen molar-refractivity contribution in [3.8, 4) is 0 Å². The van der Waals surface area contributed by atoms with Gasteiger partial charge in [0.2, 0.25) is 0 Å². The van der Waals surface area contributed by atoms with Gasteiger partial charge in [-0.05, 0) is 43.2 Å². The molecule has 0 bridgehead atoms. The summed E-state index contributed by atoms with van der Waals surface area (Å²) in [6.45, 7) is 4.28. The molecule has 128 valence electrons. The summed E-state index contributed by atoms with van der Waals surface area (Å²) in [4.78, 5) is 38.4. The number of carbonyl (C=O) groups is 1. The highest BCUT2D eigenvalue weighted by atomic mass is 16.5. The van der Waals surface area contributed by atoms with E-state index < -0.39 is 17.1 Å². The summed E-state index contributed by atoms with van der Waals surface area (Å²) in [7, 11) is 0. The van der Waals surface area contributed by atoms with Gasteiger partial charge in [-0.1, -0.05) is 24.3 Å². The lowest BCUT2D eigenvalue weighted by Gasteiger charge is -2.10. The van der Waals surface area contributed by atoms with Crippen molar-refractivity contribution < 1.29 is 9.53 Å². The van der Waals surface area contributed by atoms with E-state index in [1.54, 1.807) is 19.1 Å². The minimum atomic E-state index is -0.709. The molecule has 0 aliphatic rings. The number of hydrogen-bond donors (Lipinski definition) is 1. The Morgan fingerprint density at radius 1 is 1.16 bits per heavy atom. The highest BCUT2D eigenvalue weighted by Gasteiger charge is 2.12. The second-order valence-electron chi connectivity index (χ2n) is 5.74. The summed E-state index contributed by atoms with van der Waals surface area (Å²) in [5.41, 5.74) is 1.98.